The fourth-order valence-electron chi connectivity index (χ4n) is 3.43. The van der Waals surface area contributed by atoms with E-state index in [1.165, 1.54) is 38.9 Å². The van der Waals surface area contributed by atoms with Crippen molar-refractivity contribution in [1.29, 1.82) is 0 Å². The summed E-state index contributed by atoms with van der Waals surface area (Å²) in [7, 11) is 2.15. The standard InChI is InChI=1S/C23H21N2/c1-16-10-11-18(20-8-6-12-24-15-20)14-22(16)23-21-9-5-4-7-19(21)13-17(2)25(23)3/h4-15H,1-3H3/q+1. The van der Waals surface area contributed by atoms with Crippen molar-refractivity contribution >= 4 is 10.8 Å². The van der Waals surface area contributed by atoms with E-state index in [1.54, 1.807) is 0 Å². The maximum absolute atomic E-state index is 4.26. The minimum Gasteiger partial charge on any atom is -0.264 e. The first-order valence-electron chi connectivity index (χ1n) is 8.55. The van der Waals surface area contributed by atoms with Crippen LogP contribution in [0.15, 0.2) is 73.1 Å². The van der Waals surface area contributed by atoms with Crippen LogP contribution in [0.5, 0.6) is 0 Å². The average Bonchev–Trinajstić information content (AvgIpc) is 2.64. The Bertz CT molecular complexity index is 1070. The van der Waals surface area contributed by atoms with Crippen molar-refractivity contribution in [3.63, 3.8) is 0 Å². The van der Waals surface area contributed by atoms with Crippen LogP contribution in [0, 0.1) is 13.8 Å². The first-order chi connectivity index (χ1) is 12.1. The lowest BCUT2D eigenvalue weighted by molar-refractivity contribution is -0.665. The third-order valence-corrected chi connectivity index (χ3v) is 4.93. The molecule has 2 aromatic heterocycles. The third kappa shape index (κ3) is 2.70. The molecule has 0 aliphatic carbocycles. The Morgan fingerprint density at radius 2 is 1.68 bits per heavy atom. The first-order valence-corrected chi connectivity index (χ1v) is 8.55. The molecule has 0 spiro atoms. The lowest BCUT2D eigenvalue weighted by atomic mass is 9.95. The summed E-state index contributed by atoms with van der Waals surface area (Å²) in [5, 5.41) is 2.56. The highest BCUT2D eigenvalue weighted by Gasteiger charge is 2.19. The molecule has 4 rings (SSSR count). The van der Waals surface area contributed by atoms with E-state index in [9.17, 15) is 0 Å². The van der Waals surface area contributed by atoms with E-state index >= 15 is 0 Å². The van der Waals surface area contributed by atoms with Crippen molar-refractivity contribution in [1.82, 2.24) is 4.98 Å². The van der Waals surface area contributed by atoms with Gasteiger partial charge < -0.3 is 0 Å². The van der Waals surface area contributed by atoms with Gasteiger partial charge in [0.15, 0.2) is 5.69 Å². The molecular weight excluding hydrogens is 304 g/mol. The van der Waals surface area contributed by atoms with Gasteiger partial charge in [0.1, 0.15) is 7.05 Å². The third-order valence-electron chi connectivity index (χ3n) is 4.93. The zero-order valence-electron chi connectivity index (χ0n) is 14.8. The van der Waals surface area contributed by atoms with Crippen LogP contribution in [-0.4, -0.2) is 4.98 Å². The van der Waals surface area contributed by atoms with Crippen LogP contribution in [0.1, 0.15) is 11.3 Å². The van der Waals surface area contributed by atoms with E-state index in [4.69, 9.17) is 0 Å². The summed E-state index contributed by atoms with van der Waals surface area (Å²) in [6, 6.07) is 21.6. The highest BCUT2D eigenvalue weighted by Crippen LogP contribution is 2.32. The van der Waals surface area contributed by atoms with E-state index in [0.29, 0.717) is 0 Å². The van der Waals surface area contributed by atoms with Crippen molar-refractivity contribution < 1.29 is 4.57 Å². The largest absolute Gasteiger partial charge is 0.264 e. The molecule has 122 valence electrons. The van der Waals surface area contributed by atoms with Crippen LogP contribution in [0.4, 0.5) is 0 Å². The summed E-state index contributed by atoms with van der Waals surface area (Å²) < 4.78 is 2.29. The Morgan fingerprint density at radius 1 is 0.840 bits per heavy atom. The Labute approximate surface area is 148 Å². The molecule has 0 saturated heterocycles. The van der Waals surface area contributed by atoms with Gasteiger partial charge in [-0.25, -0.2) is 0 Å². The molecule has 0 amide bonds. The van der Waals surface area contributed by atoms with E-state index in [-0.39, 0.29) is 0 Å². The van der Waals surface area contributed by atoms with Crippen molar-refractivity contribution in [2.75, 3.05) is 0 Å². The quantitative estimate of drug-likeness (QED) is 0.473. The summed E-state index contributed by atoms with van der Waals surface area (Å²) >= 11 is 0. The molecule has 0 bridgehead atoms. The number of nitrogens with zero attached hydrogens (tertiary/aromatic N) is 2. The molecule has 0 atom stereocenters. The maximum Gasteiger partial charge on any atom is 0.220 e. The van der Waals surface area contributed by atoms with Crippen molar-refractivity contribution in [2.24, 2.45) is 7.05 Å². The van der Waals surface area contributed by atoms with Gasteiger partial charge >= 0.3 is 0 Å². The molecule has 2 heteroatoms. The van der Waals surface area contributed by atoms with Crippen LogP contribution < -0.4 is 4.57 Å². The summed E-state index contributed by atoms with van der Waals surface area (Å²) in [4.78, 5) is 4.26. The van der Waals surface area contributed by atoms with Crippen LogP contribution in [-0.2, 0) is 7.05 Å². The molecule has 4 aromatic rings. The number of pyridine rings is 2. The predicted molar refractivity (Wildman–Crippen MR) is 103 cm³/mol. The molecule has 25 heavy (non-hydrogen) atoms. The average molecular weight is 325 g/mol. The van der Waals surface area contributed by atoms with Crippen LogP contribution in [0.3, 0.4) is 0 Å². The van der Waals surface area contributed by atoms with E-state index in [1.807, 2.05) is 18.5 Å². The monoisotopic (exact) mass is 325 g/mol. The van der Waals surface area contributed by atoms with Crippen LogP contribution in [0.25, 0.3) is 33.2 Å². The SMILES string of the molecule is Cc1ccc(-c2cccnc2)cc1-c1c2ccccc2cc(C)[n+]1C. The number of aromatic nitrogens is 2. The minimum absolute atomic E-state index is 1.14. The lowest BCUT2D eigenvalue weighted by Gasteiger charge is -2.11. The Kier molecular flexibility index (Phi) is 3.81. The fraction of sp³-hybridized carbons (Fsp3) is 0.130. The number of fused-ring (bicyclic) bond motifs is 1. The summed E-state index contributed by atoms with van der Waals surface area (Å²) in [5.74, 6) is 0. The molecule has 0 aliphatic rings. The van der Waals surface area contributed by atoms with Gasteiger partial charge in [0.05, 0.1) is 10.9 Å². The highest BCUT2D eigenvalue weighted by atomic mass is 14.9. The highest BCUT2D eigenvalue weighted by molar-refractivity contribution is 5.94. The van der Waals surface area contributed by atoms with Gasteiger partial charge in [-0.05, 0) is 41.6 Å². The first kappa shape index (κ1) is 15.5. The summed E-state index contributed by atoms with van der Waals surface area (Å²) in [6.45, 7) is 4.34. The number of benzene rings is 2. The summed E-state index contributed by atoms with van der Waals surface area (Å²) in [6.07, 6.45) is 3.73. The van der Waals surface area contributed by atoms with Gasteiger partial charge in [0.25, 0.3) is 0 Å². The van der Waals surface area contributed by atoms with Crippen LogP contribution in [0.2, 0.25) is 0 Å². The molecule has 0 fully saturated rings. The second kappa shape index (κ2) is 6.14. The van der Waals surface area contributed by atoms with Gasteiger partial charge in [-0.15, -0.1) is 0 Å². The zero-order chi connectivity index (χ0) is 17.4. The molecule has 0 saturated carbocycles. The fourth-order valence-corrected chi connectivity index (χ4v) is 3.43. The maximum atomic E-state index is 4.26. The second-order valence-corrected chi connectivity index (χ2v) is 6.55. The molecule has 2 nitrogen and oxygen atoms in total. The molecular formula is C23H21N2+. The predicted octanol–water partition coefficient (Wildman–Crippen LogP) is 5.01. The van der Waals surface area contributed by atoms with Gasteiger partial charge in [0, 0.05) is 30.9 Å². The van der Waals surface area contributed by atoms with Crippen LogP contribution >= 0.6 is 0 Å². The minimum atomic E-state index is 1.14. The van der Waals surface area contributed by atoms with Gasteiger partial charge in [-0.3, -0.25) is 4.98 Å². The van der Waals surface area contributed by atoms with E-state index < -0.39 is 0 Å². The molecule has 2 aromatic carbocycles. The van der Waals surface area contributed by atoms with Gasteiger partial charge in [-0.1, -0.05) is 36.4 Å². The topological polar surface area (TPSA) is 16.8 Å². The van der Waals surface area contributed by atoms with Crippen molar-refractivity contribution in [2.45, 2.75) is 13.8 Å². The zero-order valence-corrected chi connectivity index (χ0v) is 14.8. The molecule has 0 N–H and O–H groups in total. The van der Waals surface area contributed by atoms with Gasteiger partial charge in [0.2, 0.25) is 5.69 Å². The van der Waals surface area contributed by atoms with Crippen molar-refractivity contribution in [3.8, 4) is 22.4 Å². The van der Waals surface area contributed by atoms with Gasteiger partial charge in [-0.2, -0.15) is 4.57 Å². The van der Waals surface area contributed by atoms with Crippen molar-refractivity contribution in [3.05, 3.63) is 84.3 Å². The Balaban J connectivity index is 2.03. The Hall–Kier alpha value is -3.00. The second-order valence-electron chi connectivity index (χ2n) is 6.55. The Morgan fingerprint density at radius 3 is 2.48 bits per heavy atom. The number of aryl methyl sites for hydroxylation is 2. The molecule has 0 unspecified atom stereocenters. The molecule has 0 radical (unpaired) electrons. The lowest BCUT2D eigenvalue weighted by Crippen LogP contribution is -2.35. The van der Waals surface area contributed by atoms with E-state index in [0.717, 1.165) is 5.56 Å². The van der Waals surface area contributed by atoms with E-state index in [2.05, 4.69) is 85.0 Å². The number of hydrogen-bond donors (Lipinski definition) is 0. The molecule has 2 heterocycles. The number of hydrogen-bond acceptors (Lipinski definition) is 1. The summed E-state index contributed by atoms with van der Waals surface area (Å²) in [5.41, 5.74) is 7.39. The normalized spacial score (nSPS) is 11.0. The smallest absolute Gasteiger partial charge is 0.220 e. The number of rotatable bonds is 2. The molecule has 0 aliphatic heterocycles.